The molecule has 0 N–H and O–H groups in total. The zero-order chi connectivity index (χ0) is 22.7. The van der Waals surface area contributed by atoms with Crippen LogP contribution in [-0.4, -0.2) is 27.1 Å². The molecule has 4 rings (SSSR count). The minimum Gasteiger partial charge on any atom is -0.489 e. The Morgan fingerprint density at radius 3 is 2.81 bits per heavy atom. The predicted molar refractivity (Wildman–Crippen MR) is 126 cm³/mol. The number of hydrogen-bond acceptors (Lipinski definition) is 5. The lowest BCUT2D eigenvalue weighted by Gasteiger charge is -2.11. The highest BCUT2D eigenvalue weighted by Crippen LogP contribution is 2.34. The molecule has 0 unspecified atom stereocenters. The van der Waals surface area contributed by atoms with E-state index in [0.29, 0.717) is 35.3 Å². The van der Waals surface area contributed by atoms with Crippen LogP contribution in [-0.2, 0) is 17.8 Å². The summed E-state index contributed by atoms with van der Waals surface area (Å²) >= 11 is 6.38. The number of rotatable bonds is 9. The second-order valence-electron chi connectivity index (χ2n) is 7.99. The molecule has 0 radical (unpaired) electrons. The number of carbonyl (C=O) groups is 1. The smallest absolute Gasteiger partial charge is 0.258 e. The molecule has 6 nitrogen and oxygen atoms in total. The van der Waals surface area contributed by atoms with Crippen molar-refractivity contribution in [1.82, 2.24) is 14.7 Å². The number of fused-ring (bicyclic) bond motifs is 1. The lowest BCUT2D eigenvalue weighted by Crippen LogP contribution is -2.05. The van der Waals surface area contributed by atoms with Crippen LogP contribution in [0.25, 0.3) is 33.7 Å². The van der Waals surface area contributed by atoms with E-state index in [2.05, 4.69) is 33.9 Å². The van der Waals surface area contributed by atoms with Crippen LogP contribution < -0.4 is 4.74 Å². The monoisotopic (exact) mass is 451 g/mol. The van der Waals surface area contributed by atoms with Crippen molar-refractivity contribution in [1.29, 1.82) is 0 Å². The summed E-state index contributed by atoms with van der Waals surface area (Å²) in [6.07, 6.45) is 5.33. The van der Waals surface area contributed by atoms with Crippen molar-refractivity contribution in [3.63, 3.8) is 0 Å². The molecule has 0 aliphatic carbocycles. The third-order valence-corrected chi connectivity index (χ3v) is 5.48. The number of benzene rings is 2. The minimum absolute atomic E-state index is 0.0321. The molecule has 0 spiro atoms. The Labute approximate surface area is 192 Å². The Morgan fingerprint density at radius 1 is 1.25 bits per heavy atom. The second kappa shape index (κ2) is 9.57. The Kier molecular flexibility index (Phi) is 6.61. The molecule has 0 aliphatic heterocycles. The van der Waals surface area contributed by atoms with E-state index in [-0.39, 0.29) is 6.10 Å². The van der Waals surface area contributed by atoms with Gasteiger partial charge in [-0.25, -0.2) is 0 Å². The van der Waals surface area contributed by atoms with E-state index in [4.69, 9.17) is 20.9 Å². The molecule has 4 aromatic rings. The molecule has 0 aliphatic rings. The molecule has 166 valence electrons. The maximum absolute atomic E-state index is 10.9. The molecule has 2 aromatic heterocycles. The van der Waals surface area contributed by atoms with Crippen LogP contribution in [0, 0.1) is 0 Å². The summed E-state index contributed by atoms with van der Waals surface area (Å²) in [5, 5.41) is 5.86. The lowest BCUT2D eigenvalue weighted by molar-refractivity contribution is -0.107. The van der Waals surface area contributed by atoms with Gasteiger partial charge in [-0.3, -0.25) is 0 Å². The van der Waals surface area contributed by atoms with Gasteiger partial charge in [0.15, 0.2) is 0 Å². The highest BCUT2D eigenvalue weighted by atomic mass is 35.5. The summed E-state index contributed by atoms with van der Waals surface area (Å²) in [5.41, 5.74) is 3.83. The summed E-state index contributed by atoms with van der Waals surface area (Å²) < 4.78 is 13.5. The van der Waals surface area contributed by atoms with Gasteiger partial charge < -0.3 is 18.6 Å². The number of halogens is 1. The van der Waals surface area contributed by atoms with Gasteiger partial charge in [-0.2, -0.15) is 4.98 Å². The number of aromatic nitrogens is 3. The largest absolute Gasteiger partial charge is 0.489 e. The van der Waals surface area contributed by atoms with E-state index in [1.165, 1.54) is 0 Å². The van der Waals surface area contributed by atoms with Crippen LogP contribution in [0.2, 0.25) is 5.02 Å². The first-order valence-corrected chi connectivity index (χ1v) is 11.2. The maximum Gasteiger partial charge on any atom is 0.258 e. The van der Waals surface area contributed by atoms with Crippen molar-refractivity contribution in [2.75, 3.05) is 0 Å². The lowest BCUT2D eigenvalue weighted by atomic mass is 10.1. The topological polar surface area (TPSA) is 70.2 Å². The highest BCUT2D eigenvalue weighted by Gasteiger charge is 2.18. The number of aldehydes is 1. The molecular formula is C25H26ClN3O3. The first-order chi connectivity index (χ1) is 15.5. The summed E-state index contributed by atoms with van der Waals surface area (Å²) in [6.45, 7) is 6.91. The Bertz CT molecular complexity index is 1240. The molecule has 32 heavy (non-hydrogen) atoms. The molecule has 7 heteroatoms. The van der Waals surface area contributed by atoms with Gasteiger partial charge in [0.2, 0.25) is 5.82 Å². The number of ether oxygens (including phenoxy) is 1. The van der Waals surface area contributed by atoms with Crippen molar-refractivity contribution < 1.29 is 14.1 Å². The van der Waals surface area contributed by atoms with E-state index < -0.39 is 0 Å². The number of aryl methyl sites for hydroxylation is 2. The first kappa shape index (κ1) is 22.1. The van der Waals surface area contributed by atoms with Gasteiger partial charge in [0.1, 0.15) is 12.0 Å². The number of carbonyl (C=O) groups excluding carboxylic acids is 1. The normalized spacial score (nSPS) is 11.4. The molecule has 0 atom stereocenters. The minimum atomic E-state index is 0.0321. The van der Waals surface area contributed by atoms with E-state index in [0.717, 1.165) is 46.8 Å². The first-order valence-electron chi connectivity index (χ1n) is 10.9. The molecular weight excluding hydrogens is 426 g/mol. The average molecular weight is 452 g/mol. The van der Waals surface area contributed by atoms with Crippen molar-refractivity contribution in [3.05, 3.63) is 53.2 Å². The summed E-state index contributed by atoms with van der Waals surface area (Å²) in [4.78, 5) is 15.6. The summed E-state index contributed by atoms with van der Waals surface area (Å²) in [5.74, 6) is 1.53. The van der Waals surface area contributed by atoms with Gasteiger partial charge in [0.05, 0.1) is 16.6 Å². The number of nitrogens with zero attached hydrogens (tertiary/aromatic N) is 3. The fourth-order valence-electron chi connectivity index (χ4n) is 3.88. The number of para-hydroxylation sites is 1. The van der Waals surface area contributed by atoms with Crippen molar-refractivity contribution in [2.45, 2.75) is 52.7 Å². The Hall–Kier alpha value is -3.12. The van der Waals surface area contributed by atoms with Crippen LogP contribution in [0.1, 0.15) is 39.2 Å². The van der Waals surface area contributed by atoms with Crippen LogP contribution in [0.4, 0.5) is 0 Å². The van der Waals surface area contributed by atoms with Gasteiger partial charge >= 0.3 is 0 Å². The van der Waals surface area contributed by atoms with Crippen LogP contribution in [0.3, 0.4) is 0 Å². The third-order valence-electron chi connectivity index (χ3n) is 5.19. The van der Waals surface area contributed by atoms with Crippen LogP contribution in [0.5, 0.6) is 5.75 Å². The summed E-state index contributed by atoms with van der Waals surface area (Å²) in [6, 6.07) is 11.5. The molecule has 2 heterocycles. The van der Waals surface area contributed by atoms with E-state index >= 15 is 0 Å². The third kappa shape index (κ3) is 4.41. The second-order valence-corrected chi connectivity index (χ2v) is 8.40. The van der Waals surface area contributed by atoms with E-state index in [9.17, 15) is 4.79 Å². The van der Waals surface area contributed by atoms with Crippen molar-refractivity contribution in [2.24, 2.45) is 0 Å². The van der Waals surface area contributed by atoms with E-state index in [1.54, 1.807) is 6.07 Å². The molecule has 0 amide bonds. The molecule has 0 saturated carbocycles. The fourth-order valence-corrected chi connectivity index (χ4v) is 4.10. The SMILES string of the molecule is CCCn1cc(CCC=O)c2cccc(-c3noc(-c4ccc(OC(C)C)c(Cl)c4)n3)c21. The standard InChI is InChI=1S/C25H26ClN3O3/c1-4-12-29-15-18(7-6-13-30)19-8-5-9-20(23(19)29)24-27-25(32-28-24)17-10-11-22(21(26)14-17)31-16(2)3/h5,8-11,13-16H,4,6-7,12H2,1-3H3. The van der Waals surface area contributed by atoms with Crippen molar-refractivity contribution in [3.8, 4) is 28.6 Å². The average Bonchev–Trinajstić information content (AvgIpc) is 3.39. The zero-order valence-corrected chi connectivity index (χ0v) is 19.2. The quantitative estimate of drug-likeness (QED) is 0.278. The predicted octanol–water partition coefficient (Wildman–Crippen LogP) is 6.34. The van der Waals surface area contributed by atoms with Crippen LogP contribution >= 0.6 is 11.6 Å². The van der Waals surface area contributed by atoms with Gasteiger partial charge in [0.25, 0.3) is 5.89 Å². The summed E-state index contributed by atoms with van der Waals surface area (Å²) in [7, 11) is 0. The molecule has 2 aromatic carbocycles. The van der Waals surface area contributed by atoms with Gasteiger partial charge in [0, 0.05) is 35.7 Å². The van der Waals surface area contributed by atoms with Crippen LogP contribution in [0.15, 0.2) is 47.1 Å². The maximum atomic E-state index is 10.9. The van der Waals surface area contributed by atoms with Gasteiger partial charge in [-0.15, -0.1) is 0 Å². The molecule has 0 saturated heterocycles. The highest BCUT2D eigenvalue weighted by molar-refractivity contribution is 6.32. The van der Waals surface area contributed by atoms with Gasteiger partial charge in [-0.05, 0) is 56.5 Å². The van der Waals surface area contributed by atoms with Crippen molar-refractivity contribution >= 4 is 28.8 Å². The fraction of sp³-hybridized carbons (Fsp3) is 0.320. The van der Waals surface area contributed by atoms with E-state index in [1.807, 2.05) is 38.1 Å². The number of hydrogen-bond donors (Lipinski definition) is 0. The molecule has 0 fully saturated rings. The Morgan fingerprint density at radius 2 is 2.09 bits per heavy atom. The molecule has 0 bridgehead atoms. The zero-order valence-electron chi connectivity index (χ0n) is 18.5. The van der Waals surface area contributed by atoms with Gasteiger partial charge in [-0.1, -0.05) is 35.8 Å². The Balaban J connectivity index is 1.74.